The molecule has 0 aromatic heterocycles. The number of rotatable bonds is 16. The lowest BCUT2D eigenvalue weighted by atomic mass is 10.3. The Balaban J connectivity index is 0. The van der Waals surface area contributed by atoms with E-state index in [1.54, 1.807) is 6.92 Å². The molecule has 0 aromatic carbocycles. The summed E-state index contributed by atoms with van der Waals surface area (Å²) in [6.45, 7) is 31.5. The van der Waals surface area contributed by atoms with Crippen LogP contribution in [-0.4, -0.2) is 89.6 Å². The number of esters is 1. The molecule has 1 atom stereocenters. The fraction of sp³-hybridized carbons (Fsp3) is 0.864. The number of hydrogen-bond acceptors (Lipinski definition) is 8. The van der Waals surface area contributed by atoms with Crippen LogP contribution in [0.5, 0.6) is 0 Å². The SMILES string of the molecule is C=C(C)C(=O)OCC(O)COCCC[Si](O[Si](C)(C)C)(O[Si](C)(C)C)O[Si](C)(C)C.C[Si](C)(C)O[SiH3]. The van der Waals surface area contributed by atoms with Crippen molar-refractivity contribution in [2.24, 2.45) is 0 Å². The van der Waals surface area contributed by atoms with E-state index in [1.165, 1.54) is 0 Å². The van der Waals surface area contributed by atoms with Gasteiger partial charge in [0.2, 0.25) is 0 Å². The van der Waals surface area contributed by atoms with Crippen LogP contribution < -0.4 is 0 Å². The van der Waals surface area contributed by atoms with E-state index in [1.807, 2.05) is 0 Å². The highest BCUT2D eigenvalue weighted by molar-refractivity contribution is 6.90. The van der Waals surface area contributed by atoms with E-state index in [-0.39, 0.29) is 13.2 Å². The van der Waals surface area contributed by atoms with Gasteiger partial charge in [0.05, 0.1) is 6.61 Å². The van der Waals surface area contributed by atoms with Gasteiger partial charge in [0.15, 0.2) is 33.3 Å². The summed E-state index contributed by atoms with van der Waals surface area (Å²) in [5.74, 6) is -0.514. The minimum absolute atomic E-state index is 0.0939. The van der Waals surface area contributed by atoms with Crippen molar-refractivity contribution in [2.45, 2.75) is 104 Å². The quantitative estimate of drug-likeness (QED) is 0.117. The molecule has 1 unspecified atom stereocenters. The van der Waals surface area contributed by atoms with Crippen molar-refractivity contribution >= 4 is 58.5 Å². The van der Waals surface area contributed by atoms with Crippen LogP contribution in [0, 0.1) is 0 Å². The van der Waals surface area contributed by atoms with Gasteiger partial charge in [-0.3, -0.25) is 0 Å². The van der Waals surface area contributed by atoms with Crippen LogP contribution >= 0.6 is 0 Å². The van der Waals surface area contributed by atoms with Crippen molar-refractivity contribution in [2.75, 3.05) is 19.8 Å². The van der Waals surface area contributed by atoms with Gasteiger partial charge < -0.3 is 31.0 Å². The van der Waals surface area contributed by atoms with Gasteiger partial charge in [-0.25, -0.2) is 4.79 Å². The minimum atomic E-state index is -2.86. The van der Waals surface area contributed by atoms with E-state index in [4.69, 9.17) is 25.9 Å². The van der Waals surface area contributed by atoms with Gasteiger partial charge in [-0.1, -0.05) is 6.58 Å². The van der Waals surface area contributed by atoms with E-state index in [0.29, 0.717) is 24.6 Å². The molecule has 0 saturated carbocycles. The van der Waals surface area contributed by atoms with Gasteiger partial charge in [-0.15, -0.1) is 0 Å². The molecule has 0 spiro atoms. The molecule has 0 rings (SSSR count). The molecule has 0 radical (unpaired) electrons. The fourth-order valence-corrected chi connectivity index (χ4v) is 17.2. The standard InChI is InChI=1S/C19H44O7Si4.C3H12OSi2/c1-17(2)19(21)23-16-18(20)15-22-13-12-14-30(24-27(3,4)5,25-28(6,7)8)26-29(9,10)11;1-6(2,3)4-5/h18,20H,1,12-16H2,2-11H3;1-3,5H3. The Morgan fingerprint density at radius 1 is 0.806 bits per heavy atom. The average molecular weight is 617 g/mol. The molecule has 0 heterocycles. The molecular formula is C22H56O8Si6. The Hall–Kier alpha value is 0.271. The van der Waals surface area contributed by atoms with E-state index < -0.39 is 54.1 Å². The summed E-state index contributed by atoms with van der Waals surface area (Å²) < 4.78 is 35.6. The molecule has 8 nitrogen and oxygen atoms in total. The summed E-state index contributed by atoms with van der Waals surface area (Å²) in [6, 6.07) is 0.687. The van der Waals surface area contributed by atoms with E-state index in [0.717, 1.165) is 10.5 Å². The first-order chi connectivity index (χ1) is 15.9. The van der Waals surface area contributed by atoms with Gasteiger partial charge in [-0.05, 0) is 91.9 Å². The normalized spacial score (nSPS) is 14.2. The van der Waals surface area contributed by atoms with Crippen molar-refractivity contribution in [3.8, 4) is 0 Å². The molecule has 0 bridgehead atoms. The van der Waals surface area contributed by atoms with Crippen LogP contribution in [0.25, 0.3) is 0 Å². The van der Waals surface area contributed by atoms with Crippen LogP contribution in [0.1, 0.15) is 13.3 Å². The third kappa shape index (κ3) is 24.6. The third-order valence-electron chi connectivity index (χ3n) is 3.83. The highest BCUT2D eigenvalue weighted by atomic mass is 28.5. The molecular weight excluding hydrogens is 561 g/mol. The van der Waals surface area contributed by atoms with Gasteiger partial charge in [0.25, 0.3) is 0 Å². The zero-order chi connectivity index (χ0) is 29.0. The van der Waals surface area contributed by atoms with Crippen molar-refractivity contribution in [1.82, 2.24) is 0 Å². The Morgan fingerprint density at radius 2 is 1.19 bits per heavy atom. The second-order valence-electron chi connectivity index (χ2n) is 12.9. The van der Waals surface area contributed by atoms with Crippen molar-refractivity contribution < 1.29 is 35.8 Å². The molecule has 0 aliphatic heterocycles. The molecule has 0 aliphatic carbocycles. The Labute approximate surface area is 229 Å². The summed E-state index contributed by atoms with van der Waals surface area (Å²) in [5, 5.41) is 9.92. The second kappa shape index (κ2) is 16.4. The zero-order valence-corrected chi connectivity index (χ0v) is 32.6. The molecule has 36 heavy (non-hydrogen) atoms. The van der Waals surface area contributed by atoms with Crippen molar-refractivity contribution in [3.05, 3.63) is 12.2 Å². The van der Waals surface area contributed by atoms with Gasteiger partial charge in [-0.2, -0.15) is 0 Å². The first-order valence-corrected chi connectivity index (χ1v) is 29.0. The summed E-state index contributed by atoms with van der Waals surface area (Å²) in [7, 11) is -8.69. The van der Waals surface area contributed by atoms with Crippen LogP contribution in [0.15, 0.2) is 12.2 Å². The van der Waals surface area contributed by atoms with E-state index >= 15 is 0 Å². The molecule has 0 fully saturated rings. The summed E-state index contributed by atoms with van der Waals surface area (Å²) >= 11 is 0. The smallest absolute Gasteiger partial charge is 0.464 e. The predicted molar refractivity (Wildman–Crippen MR) is 165 cm³/mol. The number of aliphatic hydroxyl groups is 1. The van der Waals surface area contributed by atoms with Gasteiger partial charge in [0, 0.05) is 18.2 Å². The zero-order valence-electron chi connectivity index (χ0n) is 25.6. The van der Waals surface area contributed by atoms with Gasteiger partial charge >= 0.3 is 14.8 Å². The summed E-state index contributed by atoms with van der Waals surface area (Å²) in [4.78, 5) is 11.4. The fourth-order valence-electron chi connectivity index (χ4n) is 2.57. The molecule has 1 N–H and O–H groups in total. The highest BCUT2D eigenvalue weighted by Gasteiger charge is 2.49. The Morgan fingerprint density at radius 3 is 1.50 bits per heavy atom. The lowest BCUT2D eigenvalue weighted by Gasteiger charge is -2.42. The molecule has 0 aliphatic rings. The van der Waals surface area contributed by atoms with Crippen molar-refractivity contribution in [1.29, 1.82) is 0 Å². The second-order valence-corrected chi connectivity index (χ2v) is 35.7. The largest absolute Gasteiger partial charge is 0.469 e. The molecule has 14 heteroatoms. The van der Waals surface area contributed by atoms with Gasteiger partial charge in [0.1, 0.15) is 23.2 Å². The lowest BCUT2D eigenvalue weighted by Crippen LogP contribution is -2.60. The van der Waals surface area contributed by atoms with Crippen LogP contribution in [0.4, 0.5) is 0 Å². The Bertz CT molecular complexity index is 610. The first kappa shape index (κ1) is 38.4. The number of carbonyl (C=O) groups is 1. The minimum Gasteiger partial charge on any atom is -0.464 e. The highest BCUT2D eigenvalue weighted by Crippen LogP contribution is 2.29. The molecule has 0 amide bonds. The number of ether oxygens (including phenoxy) is 2. The van der Waals surface area contributed by atoms with E-state index in [9.17, 15) is 9.90 Å². The number of aliphatic hydroxyl groups excluding tert-OH is 1. The number of hydrogen-bond donors (Lipinski definition) is 1. The van der Waals surface area contributed by atoms with Crippen LogP contribution in [0.3, 0.4) is 0 Å². The monoisotopic (exact) mass is 616 g/mol. The topological polar surface area (TPSA) is 92.7 Å². The lowest BCUT2D eigenvalue weighted by molar-refractivity contribution is -0.143. The molecule has 0 aromatic rings. The average Bonchev–Trinajstić information content (AvgIpc) is 2.61. The maximum Gasteiger partial charge on any atom is 0.469 e. The predicted octanol–water partition coefficient (Wildman–Crippen LogP) is 4.49. The van der Waals surface area contributed by atoms with Crippen LogP contribution in [-0.2, 0) is 30.7 Å². The number of carbonyl (C=O) groups excluding carboxylic acids is 1. The van der Waals surface area contributed by atoms with Crippen LogP contribution in [0.2, 0.25) is 84.6 Å². The van der Waals surface area contributed by atoms with E-state index in [2.05, 4.69) is 85.1 Å². The molecule has 216 valence electrons. The molecule has 0 saturated heterocycles. The van der Waals surface area contributed by atoms with Crippen molar-refractivity contribution in [3.63, 3.8) is 0 Å². The maximum atomic E-state index is 11.4. The third-order valence-corrected chi connectivity index (χ3v) is 20.8. The summed E-state index contributed by atoms with van der Waals surface area (Å²) in [5.41, 5.74) is 0.302. The maximum absolute atomic E-state index is 11.4. The summed E-state index contributed by atoms with van der Waals surface area (Å²) in [6.07, 6.45) is -0.158. The first-order valence-electron chi connectivity index (χ1n) is 12.6. The Kier molecular flexibility index (Phi) is 17.5.